The molecule has 3 N–H and O–H groups in total. The Morgan fingerprint density at radius 2 is 0.717 bits per heavy atom. The largest absolute Gasteiger partial charge is 0.397 e. The molecule has 6 nitrogen and oxygen atoms in total. The number of aldehydes is 1. The Bertz CT molecular complexity index is 2660. The number of fused-ring (bicyclic) bond motifs is 5. The van der Waals surface area contributed by atoms with E-state index in [0.717, 1.165) is 73.3 Å². The van der Waals surface area contributed by atoms with E-state index >= 15 is 0 Å². The molecule has 60 heavy (non-hydrogen) atoms. The summed E-state index contributed by atoms with van der Waals surface area (Å²) in [6, 6.07) is 52.4. The van der Waals surface area contributed by atoms with Crippen LogP contribution < -0.4 is 10.6 Å². The molecule has 0 unspecified atom stereocenters. The molecule has 6 aliphatic carbocycles. The van der Waals surface area contributed by atoms with Crippen molar-refractivity contribution in [3.63, 3.8) is 0 Å². The van der Waals surface area contributed by atoms with E-state index in [4.69, 9.17) is 5.11 Å². The zero-order valence-corrected chi connectivity index (χ0v) is 34.1. The summed E-state index contributed by atoms with van der Waals surface area (Å²) in [5.74, 6) is -0.0676. The van der Waals surface area contributed by atoms with E-state index in [1.807, 2.05) is 140 Å². The molecule has 2 heterocycles. The fourth-order valence-corrected chi connectivity index (χ4v) is 7.81. The second kappa shape index (κ2) is 18.5. The van der Waals surface area contributed by atoms with Gasteiger partial charge in [-0.15, -0.1) is 0 Å². The first-order chi connectivity index (χ1) is 29.2. The van der Waals surface area contributed by atoms with Gasteiger partial charge >= 0.3 is 0 Å². The molecule has 0 spiro atoms. The zero-order valence-electron chi connectivity index (χ0n) is 34.1. The summed E-state index contributed by atoms with van der Waals surface area (Å²) in [4.78, 5) is 35.3. The van der Waals surface area contributed by atoms with Crippen LogP contribution in [0.25, 0.3) is 56.7 Å². The summed E-state index contributed by atoms with van der Waals surface area (Å²) >= 11 is 0. The summed E-state index contributed by atoms with van der Waals surface area (Å²) in [5.41, 5.74) is 18.7. The minimum atomic E-state index is -0.0338. The molecule has 10 rings (SSSR count). The van der Waals surface area contributed by atoms with Crippen LogP contribution >= 0.6 is 0 Å². The Hall–Kier alpha value is -7.41. The highest BCUT2D eigenvalue weighted by Gasteiger charge is 2.25. The average molecular weight is 787 g/mol. The van der Waals surface area contributed by atoms with Gasteiger partial charge in [0.25, 0.3) is 11.8 Å². The summed E-state index contributed by atoms with van der Waals surface area (Å²) in [5, 5.41) is 13.4. The normalized spacial score (nSPS) is 13.6. The Morgan fingerprint density at radius 3 is 1.08 bits per heavy atom. The van der Waals surface area contributed by atoms with E-state index in [1.165, 1.54) is 33.4 Å². The maximum Gasteiger partial charge on any atom is 0.256 e. The van der Waals surface area contributed by atoms with Crippen molar-refractivity contribution in [2.45, 2.75) is 27.7 Å². The molecule has 2 aromatic carbocycles. The van der Waals surface area contributed by atoms with Crippen LogP contribution in [0.5, 0.6) is 0 Å². The SMILES string of the molecule is CCO.Cc1cc(/C=C2/C(=O)Nc3ccccc32)c2cccccc1-2.Cc1cc(/C=C2\C(=O)Nc3ccccc32)c2cccccc1-2.Cc1cc(C=O)c2cccccc1-2. The number of amides is 2. The lowest BCUT2D eigenvalue weighted by atomic mass is 10.0. The summed E-state index contributed by atoms with van der Waals surface area (Å²) < 4.78 is 0. The lowest BCUT2D eigenvalue weighted by Gasteiger charge is -1.99. The standard InChI is InChI=1S/2C20H15NO.C12H10O.C2H6O/c2*1-13-11-14(16-8-4-2-3-7-15(13)16)12-18-17-9-5-6-10-19(17)21-20(18)22;1-9-7-10(8-13)12-6-4-2-3-5-11(9)12;1-2-3/h2*2-12H,1H3,(H,21,22);2-8H,1H3;3H,2H2,1H3/b18-12+;18-12-;;. The summed E-state index contributed by atoms with van der Waals surface area (Å²) in [7, 11) is 0. The van der Waals surface area contributed by atoms with Crippen LogP contribution in [0.15, 0.2) is 158 Å². The lowest BCUT2D eigenvalue weighted by Crippen LogP contribution is -2.03. The van der Waals surface area contributed by atoms with Crippen LogP contribution in [-0.2, 0) is 9.59 Å². The van der Waals surface area contributed by atoms with Gasteiger partial charge in [-0.2, -0.15) is 0 Å². The van der Waals surface area contributed by atoms with Gasteiger partial charge in [0, 0.05) is 45.8 Å². The molecular formula is C54H46N2O4. The number of nitrogens with one attached hydrogen (secondary N) is 2. The molecule has 0 saturated carbocycles. The van der Waals surface area contributed by atoms with E-state index in [9.17, 15) is 14.4 Å². The van der Waals surface area contributed by atoms with Crippen LogP contribution in [0.4, 0.5) is 11.4 Å². The van der Waals surface area contributed by atoms with Crippen LogP contribution in [0.3, 0.4) is 0 Å². The molecule has 0 bridgehead atoms. The number of benzene rings is 2. The zero-order chi connectivity index (χ0) is 42.2. The number of rotatable bonds is 3. The molecule has 0 aromatic heterocycles. The van der Waals surface area contributed by atoms with Gasteiger partial charge in [-0.1, -0.05) is 140 Å². The fraction of sp³-hybridized carbons (Fsp3) is 0.0926. The van der Waals surface area contributed by atoms with Crippen LogP contribution in [0.2, 0.25) is 0 Å². The number of hydrogen-bond donors (Lipinski definition) is 3. The number of anilines is 2. The van der Waals surface area contributed by atoms with Crippen molar-refractivity contribution in [3.8, 4) is 33.4 Å². The van der Waals surface area contributed by atoms with Crippen LogP contribution in [0.1, 0.15) is 56.2 Å². The first-order valence-electron chi connectivity index (χ1n) is 20.0. The highest BCUT2D eigenvalue weighted by atomic mass is 16.2. The Kier molecular flexibility index (Phi) is 12.5. The van der Waals surface area contributed by atoms with Crippen LogP contribution in [-0.4, -0.2) is 29.8 Å². The van der Waals surface area contributed by atoms with E-state index in [2.05, 4.69) is 60.9 Å². The summed E-state index contributed by atoms with van der Waals surface area (Å²) in [6.45, 7) is 8.16. The topological polar surface area (TPSA) is 95.5 Å². The molecule has 296 valence electrons. The first-order valence-corrected chi connectivity index (χ1v) is 20.0. The molecule has 2 amide bonds. The highest BCUT2D eigenvalue weighted by molar-refractivity contribution is 6.36. The quantitative estimate of drug-likeness (QED) is 0.123. The number of aliphatic hydroxyl groups is 1. The van der Waals surface area contributed by atoms with E-state index < -0.39 is 0 Å². The second-order valence-corrected chi connectivity index (χ2v) is 14.6. The van der Waals surface area contributed by atoms with Gasteiger partial charge in [-0.25, -0.2) is 0 Å². The third-order valence-electron chi connectivity index (χ3n) is 10.6. The third-order valence-corrected chi connectivity index (χ3v) is 10.6. The van der Waals surface area contributed by atoms with Crippen molar-refractivity contribution in [1.29, 1.82) is 0 Å². The van der Waals surface area contributed by atoms with Crippen molar-refractivity contribution in [3.05, 3.63) is 202 Å². The minimum absolute atomic E-state index is 0.0338. The first kappa shape index (κ1) is 40.8. The third kappa shape index (κ3) is 8.56. The van der Waals surface area contributed by atoms with E-state index in [-0.39, 0.29) is 18.4 Å². The number of para-hydroxylation sites is 2. The Labute approximate surface area is 351 Å². The van der Waals surface area contributed by atoms with Crippen molar-refractivity contribution >= 4 is 52.8 Å². The number of aliphatic hydroxyl groups excluding tert-OH is 1. The molecular weight excluding hydrogens is 741 g/mol. The molecule has 0 atom stereocenters. The van der Waals surface area contributed by atoms with Gasteiger partial charge in [0.2, 0.25) is 0 Å². The Morgan fingerprint density at radius 1 is 0.433 bits per heavy atom. The summed E-state index contributed by atoms with van der Waals surface area (Å²) in [6.07, 6.45) is 4.91. The predicted molar refractivity (Wildman–Crippen MR) is 247 cm³/mol. The van der Waals surface area contributed by atoms with Gasteiger partial charge in [-0.3, -0.25) is 14.4 Å². The maximum atomic E-state index is 12.3. The monoisotopic (exact) mass is 786 g/mol. The molecule has 0 saturated heterocycles. The number of carbonyl (C=O) groups is 3. The van der Waals surface area contributed by atoms with Gasteiger partial charge < -0.3 is 15.7 Å². The molecule has 0 radical (unpaired) electrons. The van der Waals surface area contributed by atoms with Gasteiger partial charge in [0.15, 0.2) is 6.29 Å². The predicted octanol–water partition coefficient (Wildman–Crippen LogP) is 12.1. The average Bonchev–Trinajstić information content (AvgIpc) is 3.78. The lowest BCUT2D eigenvalue weighted by molar-refractivity contribution is -0.111. The number of hydrogen-bond acceptors (Lipinski definition) is 4. The molecule has 6 heteroatoms. The van der Waals surface area contributed by atoms with Crippen molar-refractivity contribution in [2.24, 2.45) is 0 Å². The molecule has 0 fully saturated rings. The van der Waals surface area contributed by atoms with Gasteiger partial charge in [0.1, 0.15) is 0 Å². The molecule has 2 aromatic rings. The minimum Gasteiger partial charge on any atom is -0.397 e. The molecule has 8 aliphatic rings. The van der Waals surface area contributed by atoms with Crippen molar-refractivity contribution in [2.75, 3.05) is 17.2 Å². The van der Waals surface area contributed by atoms with Crippen LogP contribution in [0, 0.1) is 20.8 Å². The highest BCUT2D eigenvalue weighted by Crippen LogP contribution is 2.39. The maximum absolute atomic E-state index is 12.3. The molecule has 2 aliphatic heterocycles. The number of carbonyl (C=O) groups excluding carboxylic acids is 3. The second-order valence-electron chi connectivity index (χ2n) is 14.6. The van der Waals surface area contributed by atoms with E-state index in [1.54, 1.807) is 6.92 Å². The fourth-order valence-electron chi connectivity index (χ4n) is 7.81. The van der Waals surface area contributed by atoms with Gasteiger partial charge in [0.05, 0.1) is 0 Å². The van der Waals surface area contributed by atoms with E-state index in [0.29, 0.717) is 0 Å². The smallest absolute Gasteiger partial charge is 0.256 e. The van der Waals surface area contributed by atoms with Crippen molar-refractivity contribution < 1.29 is 19.5 Å². The van der Waals surface area contributed by atoms with Crippen molar-refractivity contribution in [1.82, 2.24) is 0 Å². The number of aryl methyl sites for hydroxylation is 3. The Balaban J connectivity index is 0.000000136. The van der Waals surface area contributed by atoms with Gasteiger partial charge in [-0.05, 0) is 119 Å².